The molecule has 1 aliphatic rings. The Morgan fingerprint density at radius 2 is 2.39 bits per heavy atom. The molecule has 2 rings (SSSR count). The standard InChI is InChI=1S/C13H22N2O3/c1-4-12(16)10-7-14-15(8-10)6-5-11-9-17-13(2,3)18-11/h7-8,11-12,16H,4-6,9H2,1-3H3. The summed E-state index contributed by atoms with van der Waals surface area (Å²) in [7, 11) is 0. The van der Waals surface area contributed by atoms with Crippen molar-refractivity contribution in [1.82, 2.24) is 9.78 Å². The van der Waals surface area contributed by atoms with Crippen molar-refractivity contribution in [2.75, 3.05) is 6.61 Å². The Balaban J connectivity index is 1.82. The van der Waals surface area contributed by atoms with Crippen LogP contribution in [0.2, 0.25) is 0 Å². The van der Waals surface area contributed by atoms with E-state index in [9.17, 15) is 5.11 Å². The molecule has 1 N–H and O–H groups in total. The maximum absolute atomic E-state index is 9.69. The van der Waals surface area contributed by atoms with Crippen molar-refractivity contribution < 1.29 is 14.6 Å². The van der Waals surface area contributed by atoms with Crippen molar-refractivity contribution in [3.8, 4) is 0 Å². The van der Waals surface area contributed by atoms with Crippen LogP contribution in [0.15, 0.2) is 12.4 Å². The van der Waals surface area contributed by atoms with Gasteiger partial charge in [-0.3, -0.25) is 4.68 Å². The summed E-state index contributed by atoms with van der Waals surface area (Å²) in [5.41, 5.74) is 0.876. The second kappa shape index (κ2) is 5.38. The molecule has 0 radical (unpaired) electrons. The van der Waals surface area contributed by atoms with Crippen LogP contribution < -0.4 is 0 Å². The number of aliphatic hydroxyl groups excluding tert-OH is 1. The molecule has 2 heterocycles. The van der Waals surface area contributed by atoms with E-state index in [-0.39, 0.29) is 6.10 Å². The predicted molar refractivity (Wildman–Crippen MR) is 67.0 cm³/mol. The van der Waals surface area contributed by atoms with E-state index in [1.54, 1.807) is 6.20 Å². The highest BCUT2D eigenvalue weighted by atomic mass is 16.7. The fourth-order valence-corrected chi connectivity index (χ4v) is 2.09. The Morgan fingerprint density at radius 1 is 1.61 bits per heavy atom. The summed E-state index contributed by atoms with van der Waals surface area (Å²) in [5.74, 6) is -0.460. The van der Waals surface area contributed by atoms with Crippen LogP contribution in [0, 0.1) is 0 Å². The average molecular weight is 254 g/mol. The molecule has 0 amide bonds. The van der Waals surface area contributed by atoms with Gasteiger partial charge in [-0.2, -0.15) is 5.10 Å². The van der Waals surface area contributed by atoms with E-state index in [0.717, 1.165) is 18.5 Å². The summed E-state index contributed by atoms with van der Waals surface area (Å²) in [6.07, 6.45) is 4.92. The second-order valence-corrected chi connectivity index (χ2v) is 5.20. The number of aromatic nitrogens is 2. The van der Waals surface area contributed by atoms with E-state index in [4.69, 9.17) is 9.47 Å². The summed E-state index contributed by atoms with van der Waals surface area (Å²) in [4.78, 5) is 0. The maximum atomic E-state index is 9.69. The van der Waals surface area contributed by atoms with Crippen LogP contribution in [-0.2, 0) is 16.0 Å². The molecule has 1 aromatic rings. The van der Waals surface area contributed by atoms with Gasteiger partial charge in [0.15, 0.2) is 5.79 Å². The van der Waals surface area contributed by atoms with E-state index in [1.807, 2.05) is 31.6 Å². The Labute approximate surface area is 108 Å². The first-order valence-corrected chi connectivity index (χ1v) is 6.52. The predicted octanol–water partition coefficient (Wildman–Crippen LogP) is 1.87. The monoisotopic (exact) mass is 254 g/mol. The minimum Gasteiger partial charge on any atom is -0.388 e. The number of hydrogen-bond acceptors (Lipinski definition) is 4. The lowest BCUT2D eigenvalue weighted by Gasteiger charge is -2.16. The van der Waals surface area contributed by atoms with Gasteiger partial charge in [0.05, 0.1) is 25.0 Å². The van der Waals surface area contributed by atoms with Gasteiger partial charge < -0.3 is 14.6 Å². The molecule has 0 aromatic carbocycles. The van der Waals surface area contributed by atoms with E-state index in [0.29, 0.717) is 13.0 Å². The van der Waals surface area contributed by atoms with Crippen molar-refractivity contribution >= 4 is 0 Å². The second-order valence-electron chi connectivity index (χ2n) is 5.20. The zero-order valence-corrected chi connectivity index (χ0v) is 11.3. The van der Waals surface area contributed by atoms with Gasteiger partial charge in [-0.25, -0.2) is 0 Å². The Kier molecular flexibility index (Phi) is 4.04. The Morgan fingerprint density at radius 3 is 3.00 bits per heavy atom. The minimum atomic E-state index is -0.460. The number of hydrogen-bond donors (Lipinski definition) is 1. The van der Waals surface area contributed by atoms with Crippen LogP contribution in [0.1, 0.15) is 45.3 Å². The number of aliphatic hydroxyl groups is 1. The quantitative estimate of drug-likeness (QED) is 0.871. The van der Waals surface area contributed by atoms with Gasteiger partial charge >= 0.3 is 0 Å². The summed E-state index contributed by atoms with van der Waals surface area (Å²) in [6, 6.07) is 0. The van der Waals surface area contributed by atoms with E-state index < -0.39 is 11.9 Å². The van der Waals surface area contributed by atoms with Gasteiger partial charge in [0.1, 0.15) is 0 Å². The normalized spacial score (nSPS) is 24.3. The third-order valence-corrected chi connectivity index (χ3v) is 3.17. The molecular weight excluding hydrogens is 232 g/mol. The van der Waals surface area contributed by atoms with Crippen LogP contribution in [-0.4, -0.2) is 33.4 Å². The first kappa shape index (κ1) is 13.5. The maximum Gasteiger partial charge on any atom is 0.163 e. The Hall–Kier alpha value is -0.910. The van der Waals surface area contributed by atoms with Crippen molar-refractivity contribution in [1.29, 1.82) is 0 Å². The van der Waals surface area contributed by atoms with Gasteiger partial charge in [0, 0.05) is 18.3 Å². The molecule has 1 saturated heterocycles. The van der Waals surface area contributed by atoms with Crippen LogP contribution in [0.4, 0.5) is 0 Å². The van der Waals surface area contributed by atoms with Crippen LogP contribution in [0.5, 0.6) is 0 Å². The molecule has 2 atom stereocenters. The van der Waals surface area contributed by atoms with Crippen LogP contribution >= 0.6 is 0 Å². The molecule has 1 fully saturated rings. The lowest BCUT2D eigenvalue weighted by molar-refractivity contribution is -0.139. The summed E-state index contributed by atoms with van der Waals surface area (Å²) in [6.45, 7) is 7.22. The fourth-order valence-electron chi connectivity index (χ4n) is 2.09. The summed E-state index contributed by atoms with van der Waals surface area (Å²) in [5, 5.41) is 13.9. The summed E-state index contributed by atoms with van der Waals surface area (Å²) >= 11 is 0. The van der Waals surface area contributed by atoms with Gasteiger partial charge in [-0.1, -0.05) is 6.92 Å². The highest BCUT2D eigenvalue weighted by molar-refractivity contribution is 5.07. The van der Waals surface area contributed by atoms with Gasteiger partial charge in [0.2, 0.25) is 0 Å². The lowest BCUT2D eigenvalue weighted by Crippen LogP contribution is -2.22. The summed E-state index contributed by atoms with van der Waals surface area (Å²) < 4.78 is 13.1. The smallest absolute Gasteiger partial charge is 0.163 e. The van der Waals surface area contributed by atoms with Crippen molar-refractivity contribution in [2.24, 2.45) is 0 Å². The van der Waals surface area contributed by atoms with Gasteiger partial charge in [-0.15, -0.1) is 0 Å². The number of aryl methyl sites for hydroxylation is 1. The molecule has 2 unspecified atom stereocenters. The fraction of sp³-hybridized carbons (Fsp3) is 0.769. The zero-order chi connectivity index (χ0) is 13.2. The van der Waals surface area contributed by atoms with Crippen molar-refractivity contribution in [3.63, 3.8) is 0 Å². The molecule has 0 bridgehead atoms. The molecule has 18 heavy (non-hydrogen) atoms. The molecule has 5 nitrogen and oxygen atoms in total. The largest absolute Gasteiger partial charge is 0.388 e. The van der Waals surface area contributed by atoms with Crippen molar-refractivity contribution in [2.45, 2.75) is 58.2 Å². The van der Waals surface area contributed by atoms with Crippen LogP contribution in [0.25, 0.3) is 0 Å². The average Bonchev–Trinajstić information content (AvgIpc) is 2.92. The molecule has 5 heteroatoms. The highest BCUT2D eigenvalue weighted by Crippen LogP contribution is 2.24. The van der Waals surface area contributed by atoms with E-state index in [2.05, 4.69) is 5.10 Å². The van der Waals surface area contributed by atoms with E-state index in [1.165, 1.54) is 0 Å². The third-order valence-electron chi connectivity index (χ3n) is 3.17. The lowest BCUT2D eigenvalue weighted by atomic mass is 10.2. The first-order valence-electron chi connectivity index (χ1n) is 6.52. The molecule has 0 spiro atoms. The van der Waals surface area contributed by atoms with Crippen molar-refractivity contribution in [3.05, 3.63) is 18.0 Å². The van der Waals surface area contributed by atoms with Gasteiger partial charge in [0.25, 0.3) is 0 Å². The molecule has 0 saturated carbocycles. The number of nitrogens with zero attached hydrogens (tertiary/aromatic N) is 2. The van der Waals surface area contributed by atoms with E-state index >= 15 is 0 Å². The first-order chi connectivity index (χ1) is 8.50. The third kappa shape index (κ3) is 3.31. The highest BCUT2D eigenvalue weighted by Gasteiger charge is 2.32. The zero-order valence-electron chi connectivity index (χ0n) is 11.3. The topological polar surface area (TPSA) is 56.5 Å². The Bertz CT molecular complexity index is 389. The minimum absolute atomic E-state index is 0.128. The molecule has 0 aliphatic carbocycles. The molecule has 1 aliphatic heterocycles. The molecular formula is C13H22N2O3. The number of rotatable bonds is 5. The molecule has 102 valence electrons. The SMILES string of the molecule is CCC(O)c1cnn(CCC2COC(C)(C)O2)c1. The van der Waals surface area contributed by atoms with Gasteiger partial charge in [-0.05, 0) is 26.7 Å². The molecule has 1 aromatic heterocycles. The van der Waals surface area contributed by atoms with Crippen LogP contribution in [0.3, 0.4) is 0 Å². The number of ether oxygens (including phenoxy) is 2.